The molecule has 0 saturated heterocycles. The second-order valence-electron chi connectivity index (χ2n) is 10.3. The van der Waals surface area contributed by atoms with E-state index in [4.69, 9.17) is 0 Å². The van der Waals surface area contributed by atoms with Gasteiger partial charge in [0.2, 0.25) is 17.7 Å². The summed E-state index contributed by atoms with van der Waals surface area (Å²) in [5.41, 5.74) is 2.31. The van der Waals surface area contributed by atoms with Crippen molar-refractivity contribution in [3.05, 3.63) is 70.8 Å². The van der Waals surface area contributed by atoms with Gasteiger partial charge in [0.05, 0.1) is 0 Å². The summed E-state index contributed by atoms with van der Waals surface area (Å²) in [6.45, 7) is 8.31. The van der Waals surface area contributed by atoms with Crippen molar-refractivity contribution in [3.63, 3.8) is 0 Å². The lowest BCUT2D eigenvalue weighted by atomic mass is 9.87. The Balaban J connectivity index is 1.65. The molecule has 0 bridgehead atoms. The number of nitrogens with zero attached hydrogens (tertiary/aromatic N) is 1. The van der Waals surface area contributed by atoms with Gasteiger partial charge in [-0.15, -0.1) is 0 Å². The molecule has 8 heteroatoms. The standard InChI is InChI=1S/C27H33F2N3O3/c1-17(24(33)30-15-18-11-21(28)13-22(29)12-18)25(34)31-23(14-27(2,3)4)26(35)32-10-9-19-7-5-6-8-20(19)16-32/h5-8,11-13,17,23H,9-10,14-16H2,1-4H3,(H,30,33)(H,31,34). The van der Waals surface area contributed by atoms with Crippen LogP contribution in [-0.2, 0) is 33.9 Å². The number of carbonyl (C=O) groups is 3. The predicted molar refractivity (Wildman–Crippen MR) is 129 cm³/mol. The molecule has 3 amide bonds. The van der Waals surface area contributed by atoms with Gasteiger partial charge in [-0.3, -0.25) is 14.4 Å². The fourth-order valence-electron chi connectivity index (χ4n) is 4.19. The third-order valence-electron chi connectivity index (χ3n) is 6.05. The Hall–Kier alpha value is -3.29. The van der Waals surface area contributed by atoms with Gasteiger partial charge in [0.15, 0.2) is 0 Å². The van der Waals surface area contributed by atoms with Crippen LogP contribution in [0.3, 0.4) is 0 Å². The van der Waals surface area contributed by atoms with Crippen molar-refractivity contribution in [1.82, 2.24) is 15.5 Å². The number of carbonyl (C=O) groups excluding carboxylic acids is 3. The van der Waals surface area contributed by atoms with Crippen LogP contribution in [0.25, 0.3) is 0 Å². The highest BCUT2D eigenvalue weighted by molar-refractivity contribution is 6.01. The van der Waals surface area contributed by atoms with Crippen molar-refractivity contribution in [3.8, 4) is 0 Å². The first-order valence-electron chi connectivity index (χ1n) is 11.8. The molecule has 188 valence electrons. The average molecular weight is 486 g/mol. The number of nitrogens with one attached hydrogen (secondary N) is 2. The molecule has 2 atom stereocenters. The number of hydrogen-bond acceptors (Lipinski definition) is 3. The average Bonchev–Trinajstić information content (AvgIpc) is 2.79. The fraction of sp³-hybridized carbons (Fsp3) is 0.444. The molecule has 1 aliphatic heterocycles. The van der Waals surface area contributed by atoms with Crippen LogP contribution in [0.5, 0.6) is 0 Å². The van der Waals surface area contributed by atoms with Crippen molar-refractivity contribution in [1.29, 1.82) is 0 Å². The fourth-order valence-corrected chi connectivity index (χ4v) is 4.19. The molecule has 0 aliphatic carbocycles. The third kappa shape index (κ3) is 7.34. The maximum atomic E-state index is 13.4. The quantitative estimate of drug-likeness (QED) is 0.587. The maximum Gasteiger partial charge on any atom is 0.245 e. The lowest BCUT2D eigenvalue weighted by molar-refractivity contribution is -0.141. The third-order valence-corrected chi connectivity index (χ3v) is 6.05. The summed E-state index contributed by atoms with van der Waals surface area (Å²) in [7, 11) is 0. The smallest absolute Gasteiger partial charge is 0.245 e. The molecular formula is C27H33F2N3O3. The summed E-state index contributed by atoms with van der Waals surface area (Å²) >= 11 is 0. The first-order chi connectivity index (χ1) is 16.4. The Morgan fingerprint density at radius 1 is 1.00 bits per heavy atom. The van der Waals surface area contributed by atoms with Crippen LogP contribution >= 0.6 is 0 Å². The van der Waals surface area contributed by atoms with Gasteiger partial charge in [0.1, 0.15) is 23.6 Å². The molecule has 3 rings (SSSR count). The predicted octanol–water partition coefficient (Wildman–Crippen LogP) is 3.72. The van der Waals surface area contributed by atoms with Gasteiger partial charge in [-0.05, 0) is 54.0 Å². The van der Waals surface area contributed by atoms with Gasteiger partial charge in [-0.25, -0.2) is 8.78 Å². The number of amides is 3. The highest BCUT2D eigenvalue weighted by Crippen LogP contribution is 2.25. The van der Waals surface area contributed by atoms with E-state index in [1.165, 1.54) is 12.5 Å². The minimum Gasteiger partial charge on any atom is -0.351 e. The second kappa shape index (κ2) is 11.0. The highest BCUT2D eigenvalue weighted by atomic mass is 19.1. The number of rotatable bonds is 7. The van der Waals surface area contributed by atoms with E-state index in [1.807, 2.05) is 39.0 Å². The van der Waals surface area contributed by atoms with Crippen LogP contribution in [0.2, 0.25) is 0 Å². The summed E-state index contributed by atoms with van der Waals surface area (Å²) in [4.78, 5) is 40.7. The zero-order valence-corrected chi connectivity index (χ0v) is 20.7. The molecule has 1 aliphatic rings. The van der Waals surface area contributed by atoms with Gasteiger partial charge in [0.25, 0.3) is 0 Å². The zero-order chi connectivity index (χ0) is 25.8. The van der Waals surface area contributed by atoms with E-state index < -0.39 is 35.4 Å². The molecule has 0 fully saturated rings. The number of hydrogen-bond donors (Lipinski definition) is 2. The van der Waals surface area contributed by atoms with Crippen molar-refractivity contribution in [2.24, 2.45) is 11.3 Å². The summed E-state index contributed by atoms with van der Waals surface area (Å²) in [6.07, 6.45) is 1.16. The van der Waals surface area contributed by atoms with Gasteiger partial charge in [-0.1, -0.05) is 45.0 Å². The van der Waals surface area contributed by atoms with Gasteiger partial charge in [0, 0.05) is 25.7 Å². The van der Waals surface area contributed by atoms with Crippen molar-refractivity contribution in [2.75, 3.05) is 6.54 Å². The van der Waals surface area contributed by atoms with E-state index in [0.29, 0.717) is 19.5 Å². The summed E-state index contributed by atoms with van der Waals surface area (Å²) in [5, 5.41) is 5.31. The first-order valence-corrected chi connectivity index (χ1v) is 11.8. The van der Waals surface area contributed by atoms with Crippen molar-refractivity contribution >= 4 is 17.7 Å². The number of halogens is 2. The van der Waals surface area contributed by atoms with E-state index in [0.717, 1.165) is 30.2 Å². The summed E-state index contributed by atoms with van der Waals surface area (Å²) < 4.78 is 26.8. The molecule has 0 saturated carbocycles. The van der Waals surface area contributed by atoms with Crippen LogP contribution in [-0.4, -0.2) is 35.2 Å². The number of benzene rings is 2. The van der Waals surface area contributed by atoms with E-state index in [1.54, 1.807) is 4.90 Å². The van der Waals surface area contributed by atoms with Crippen LogP contribution in [0.1, 0.15) is 50.8 Å². The van der Waals surface area contributed by atoms with E-state index in [9.17, 15) is 23.2 Å². The molecule has 0 aromatic heterocycles. The van der Waals surface area contributed by atoms with E-state index >= 15 is 0 Å². The van der Waals surface area contributed by atoms with Gasteiger partial charge in [-0.2, -0.15) is 0 Å². The molecule has 35 heavy (non-hydrogen) atoms. The summed E-state index contributed by atoms with van der Waals surface area (Å²) in [5.74, 6) is -3.93. The Morgan fingerprint density at radius 3 is 2.26 bits per heavy atom. The van der Waals surface area contributed by atoms with Crippen molar-refractivity contribution < 1.29 is 23.2 Å². The largest absolute Gasteiger partial charge is 0.351 e. The Labute approximate surface area is 205 Å². The molecule has 2 unspecified atom stereocenters. The van der Waals surface area contributed by atoms with Gasteiger partial charge >= 0.3 is 0 Å². The molecule has 6 nitrogen and oxygen atoms in total. The topological polar surface area (TPSA) is 78.5 Å². The SMILES string of the molecule is CC(C(=O)NCc1cc(F)cc(F)c1)C(=O)NC(CC(C)(C)C)C(=O)N1CCc2ccccc2C1. The van der Waals surface area contributed by atoms with Crippen LogP contribution in [0.4, 0.5) is 8.78 Å². The van der Waals surface area contributed by atoms with Crippen molar-refractivity contribution in [2.45, 2.75) is 59.7 Å². The minimum absolute atomic E-state index is 0.122. The van der Waals surface area contributed by atoms with Crippen LogP contribution < -0.4 is 10.6 Å². The molecule has 1 heterocycles. The van der Waals surface area contributed by atoms with Crippen LogP contribution in [0, 0.1) is 23.0 Å². The lowest BCUT2D eigenvalue weighted by Gasteiger charge is -2.34. The molecular weight excluding hydrogens is 452 g/mol. The second-order valence-corrected chi connectivity index (χ2v) is 10.3. The number of fused-ring (bicyclic) bond motifs is 1. The van der Waals surface area contributed by atoms with Crippen LogP contribution in [0.15, 0.2) is 42.5 Å². The monoisotopic (exact) mass is 485 g/mol. The molecule has 2 aromatic rings. The Morgan fingerprint density at radius 2 is 1.63 bits per heavy atom. The Kier molecular flexibility index (Phi) is 8.25. The lowest BCUT2D eigenvalue weighted by Crippen LogP contribution is -2.53. The molecule has 0 spiro atoms. The normalized spacial score (nSPS) is 15.1. The summed E-state index contributed by atoms with van der Waals surface area (Å²) in [6, 6.07) is 10.2. The molecule has 0 radical (unpaired) electrons. The first kappa shape index (κ1) is 26.3. The van der Waals surface area contributed by atoms with E-state index in [-0.39, 0.29) is 23.4 Å². The van der Waals surface area contributed by atoms with E-state index in [2.05, 4.69) is 16.7 Å². The zero-order valence-electron chi connectivity index (χ0n) is 20.7. The minimum atomic E-state index is -1.09. The Bertz CT molecular complexity index is 1080. The highest BCUT2D eigenvalue weighted by Gasteiger charge is 2.33. The molecule has 2 aromatic carbocycles. The maximum absolute atomic E-state index is 13.4. The van der Waals surface area contributed by atoms with Gasteiger partial charge < -0.3 is 15.5 Å². The molecule has 2 N–H and O–H groups in total.